The molecule has 1 aromatic heterocycles. The molecule has 0 fully saturated rings. The van der Waals surface area contributed by atoms with Crippen LogP contribution in [0.5, 0.6) is 0 Å². The van der Waals surface area contributed by atoms with Gasteiger partial charge in [0.05, 0.1) is 0 Å². The summed E-state index contributed by atoms with van der Waals surface area (Å²) in [7, 11) is 0. The van der Waals surface area contributed by atoms with Gasteiger partial charge < -0.3 is 9.88 Å². The van der Waals surface area contributed by atoms with E-state index in [9.17, 15) is 9.59 Å². The molecule has 0 spiro atoms. The van der Waals surface area contributed by atoms with Crippen molar-refractivity contribution in [1.29, 1.82) is 0 Å². The molecule has 0 bridgehead atoms. The third-order valence-corrected chi connectivity index (χ3v) is 3.18. The summed E-state index contributed by atoms with van der Waals surface area (Å²) in [6.07, 6.45) is 2.99. The number of amides is 1. The summed E-state index contributed by atoms with van der Waals surface area (Å²) in [6, 6.07) is 9.39. The zero-order valence-corrected chi connectivity index (χ0v) is 11.7. The number of rotatable bonds is 4. The molecular weight excluding hydrogens is 252 g/mol. The Kier molecular flexibility index (Phi) is 4.35. The maximum atomic E-state index is 12.4. The summed E-state index contributed by atoms with van der Waals surface area (Å²) >= 11 is 0. The third-order valence-electron chi connectivity index (χ3n) is 3.18. The monoisotopic (exact) mass is 270 g/mol. The first-order valence-electron chi connectivity index (χ1n) is 6.63. The van der Waals surface area contributed by atoms with Gasteiger partial charge in [-0.3, -0.25) is 9.59 Å². The van der Waals surface area contributed by atoms with Crippen LogP contribution in [0.1, 0.15) is 28.4 Å². The summed E-state index contributed by atoms with van der Waals surface area (Å²) in [5.74, 6) is -0.240. The number of aromatic nitrogens is 1. The Bertz CT molecular complexity index is 661. The number of hydrogen-bond acceptors (Lipinski definition) is 2. The third kappa shape index (κ3) is 3.15. The van der Waals surface area contributed by atoms with Crippen LogP contribution in [0.2, 0.25) is 0 Å². The molecule has 2 rings (SSSR count). The maximum absolute atomic E-state index is 12.4. The summed E-state index contributed by atoms with van der Waals surface area (Å²) < 4.78 is 0. The Morgan fingerprint density at radius 2 is 2.10 bits per heavy atom. The number of benzene rings is 1. The van der Waals surface area contributed by atoms with Gasteiger partial charge in [-0.1, -0.05) is 29.8 Å². The summed E-state index contributed by atoms with van der Waals surface area (Å²) in [5.41, 5.74) is 2.15. The molecule has 1 amide bonds. The molecule has 0 saturated heterocycles. The van der Waals surface area contributed by atoms with Gasteiger partial charge in [-0.15, -0.1) is 0 Å². The maximum Gasteiger partial charge on any atom is 0.259 e. The van der Waals surface area contributed by atoms with Crippen LogP contribution in [0.3, 0.4) is 0 Å². The summed E-state index contributed by atoms with van der Waals surface area (Å²) in [6.45, 7) is 4.99. The van der Waals surface area contributed by atoms with Crippen LogP contribution < -0.4 is 5.43 Å². The van der Waals surface area contributed by atoms with E-state index in [0.29, 0.717) is 13.1 Å². The number of carbonyl (C=O) groups excluding carboxylic acids is 1. The zero-order chi connectivity index (χ0) is 14.5. The number of aryl methyl sites for hydroxylation is 1. The Morgan fingerprint density at radius 3 is 2.75 bits per heavy atom. The highest BCUT2D eigenvalue weighted by molar-refractivity contribution is 5.93. The lowest BCUT2D eigenvalue weighted by Crippen LogP contribution is -2.33. The quantitative estimate of drug-likeness (QED) is 0.927. The number of nitrogens with one attached hydrogen (secondary N) is 1. The second-order valence-corrected chi connectivity index (χ2v) is 4.73. The first kappa shape index (κ1) is 14.1. The second kappa shape index (κ2) is 6.19. The number of nitrogens with zero attached hydrogens (tertiary/aromatic N) is 1. The highest BCUT2D eigenvalue weighted by Crippen LogP contribution is 2.09. The topological polar surface area (TPSA) is 53.2 Å². The van der Waals surface area contributed by atoms with E-state index >= 15 is 0 Å². The number of pyridine rings is 1. The lowest BCUT2D eigenvalue weighted by atomic mass is 10.1. The second-order valence-electron chi connectivity index (χ2n) is 4.73. The molecule has 1 heterocycles. The average molecular weight is 270 g/mol. The number of aromatic amines is 1. The first-order chi connectivity index (χ1) is 9.61. The highest BCUT2D eigenvalue weighted by atomic mass is 16.2. The fourth-order valence-corrected chi connectivity index (χ4v) is 2.11. The van der Waals surface area contributed by atoms with Crippen molar-refractivity contribution in [3.63, 3.8) is 0 Å². The van der Waals surface area contributed by atoms with E-state index in [2.05, 4.69) is 4.98 Å². The van der Waals surface area contributed by atoms with E-state index in [0.717, 1.165) is 11.1 Å². The molecule has 20 heavy (non-hydrogen) atoms. The SMILES string of the molecule is CCN(Cc1cccc(C)c1)C(=O)c1c[nH]ccc1=O. The van der Waals surface area contributed by atoms with Gasteiger partial charge >= 0.3 is 0 Å². The molecule has 4 nitrogen and oxygen atoms in total. The van der Waals surface area contributed by atoms with Crippen molar-refractivity contribution in [2.75, 3.05) is 6.54 Å². The smallest absolute Gasteiger partial charge is 0.259 e. The van der Waals surface area contributed by atoms with Crippen LogP contribution >= 0.6 is 0 Å². The molecule has 0 aliphatic carbocycles. The molecule has 104 valence electrons. The molecule has 0 atom stereocenters. The molecule has 4 heteroatoms. The fraction of sp³-hybridized carbons (Fsp3) is 0.250. The molecule has 0 aliphatic rings. The van der Waals surface area contributed by atoms with Crippen LogP contribution in [0.4, 0.5) is 0 Å². The fourth-order valence-electron chi connectivity index (χ4n) is 2.11. The Labute approximate surface area is 118 Å². The molecular formula is C16H18N2O2. The van der Waals surface area contributed by atoms with Gasteiger partial charge in [0.25, 0.3) is 5.91 Å². The summed E-state index contributed by atoms with van der Waals surface area (Å²) in [5, 5.41) is 0. The van der Waals surface area contributed by atoms with Crippen LogP contribution in [0, 0.1) is 6.92 Å². The molecule has 1 aromatic carbocycles. The standard InChI is InChI=1S/C16H18N2O2/c1-3-18(11-13-6-4-5-12(2)9-13)16(20)14-10-17-8-7-15(14)19/h4-10H,3,11H2,1-2H3,(H,17,19). The van der Waals surface area contributed by atoms with Crippen molar-refractivity contribution in [3.8, 4) is 0 Å². The molecule has 1 N–H and O–H groups in total. The predicted molar refractivity (Wildman–Crippen MR) is 78.7 cm³/mol. The van der Waals surface area contributed by atoms with Crippen LogP contribution in [-0.4, -0.2) is 22.3 Å². The first-order valence-corrected chi connectivity index (χ1v) is 6.63. The highest BCUT2D eigenvalue weighted by Gasteiger charge is 2.17. The Morgan fingerprint density at radius 1 is 1.30 bits per heavy atom. The van der Waals surface area contributed by atoms with E-state index in [1.165, 1.54) is 18.5 Å². The minimum Gasteiger partial charge on any atom is -0.367 e. The van der Waals surface area contributed by atoms with Crippen LogP contribution in [0.15, 0.2) is 47.5 Å². The van der Waals surface area contributed by atoms with Crippen LogP contribution in [-0.2, 0) is 6.54 Å². The van der Waals surface area contributed by atoms with Gasteiger partial charge in [0.15, 0.2) is 5.43 Å². The van der Waals surface area contributed by atoms with Gasteiger partial charge in [-0.05, 0) is 19.4 Å². The lowest BCUT2D eigenvalue weighted by Gasteiger charge is -2.20. The van der Waals surface area contributed by atoms with E-state index in [1.54, 1.807) is 4.90 Å². The van der Waals surface area contributed by atoms with Crippen molar-refractivity contribution in [2.45, 2.75) is 20.4 Å². The van der Waals surface area contributed by atoms with Gasteiger partial charge in [0, 0.05) is 31.5 Å². The minimum absolute atomic E-state index is 0.182. The average Bonchev–Trinajstić information content (AvgIpc) is 2.44. The predicted octanol–water partition coefficient (Wildman–Crippen LogP) is 2.35. The molecule has 0 aliphatic heterocycles. The molecule has 0 saturated carbocycles. The van der Waals surface area contributed by atoms with Crippen molar-refractivity contribution < 1.29 is 4.79 Å². The Balaban J connectivity index is 2.23. The van der Waals surface area contributed by atoms with E-state index in [-0.39, 0.29) is 16.9 Å². The van der Waals surface area contributed by atoms with E-state index in [4.69, 9.17) is 0 Å². The number of hydrogen-bond donors (Lipinski definition) is 1. The number of H-pyrrole nitrogens is 1. The van der Waals surface area contributed by atoms with Crippen LogP contribution in [0.25, 0.3) is 0 Å². The van der Waals surface area contributed by atoms with Gasteiger partial charge in [0.1, 0.15) is 5.56 Å². The van der Waals surface area contributed by atoms with E-state index in [1.807, 2.05) is 38.1 Å². The molecule has 0 unspecified atom stereocenters. The van der Waals surface area contributed by atoms with Gasteiger partial charge in [-0.2, -0.15) is 0 Å². The molecule has 2 aromatic rings. The van der Waals surface area contributed by atoms with Crippen molar-refractivity contribution in [1.82, 2.24) is 9.88 Å². The van der Waals surface area contributed by atoms with Crippen molar-refractivity contribution in [3.05, 3.63) is 69.6 Å². The van der Waals surface area contributed by atoms with E-state index < -0.39 is 0 Å². The van der Waals surface area contributed by atoms with Gasteiger partial charge in [0.2, 0.25) is 0 Å². The van der Waals surface area contributed by atoms with Crippen molar-refractivity contribution in [2.24, 2.45) is 0 Å². The number of carbonyl (C=O) groups is 1. The Hall–Kier alpha value is -2.36. The summed E-state index contributed by atoms with van der Waals surface area (Å²) in [4.78, 5) is 28.6. The largest absolute Gasteiger partial charge is 0.367 e. The zero-order valence-electron chi connectivity index (χ0n) is 11.7. The minimum atomic E-state index is -0.253. The van der Waals surface area contributed by atoms with Gasteiger partial charge in [-0.25, -0.2) is 0 Å². The normalized spacial score (nSPS) is 10.3. The van der Waals surface area contributed by atoms with Crippen molar-refractivity contribution >= 4 is 5.91 Å². The lowest BCUT2D eigenvalue weighted by molar-refractivity contribution is 0.0751. The molecule has 0 radical (unpaired) electrons.